The van der Waals surface area contributed by atoms with Gasteiger partial charge in [0.05, 0.1) is 23.3 Å². The van der Waals surface area contributed by atoms with Gasteiger partial charge in [0.1, 0.15) is 18.1 Å². The van der Waals surface area contributed by atoms with E-state index in [1.54, 1.807) is 7.11 Å². The van der Waals surface area contributed by atoms with E-state index in [2.05, 4.69) is 4.98 Å². The van der Waals surface area contributed by atoms with E-state index in [0.29, 0.717) is 6.61 Å². The highest BCUT2D eigenvalue weighted by Gasteiger charge is 2.04. The Bertz CT molecular complexity index is 719. The molecule has 0 bridgehead atoms. The van der Waals surface area contributed by atoms with Crippen LogP contribution in [0, 0.1) is 0 Å². The van der Waals surface area contributed by atoms with E-state index in [0.717, 1.165) is 33.1 Å². The van der Waals surface area contributed by atoms with Crippen molar-refractivity contribution in [2.75, 3.05) is 7.11 Å². The smallest absolute Gasteiger partial charge is 0.128 e. The molecule has 0 aliphatic rings. The van der Waals surface area contributed by atoms with Crippen molar-refractivity contribution in [1.29, 1.82) is 0 Å². The molecule has 0 amide bonds. The van der Waals surface area contributed by atoms with Gasteiger partial charge in [-0.2, -0.15) is 0 Å². The van der Waals surface area contributed by atoms with Crippen LogP contribution in [-0.2, 0) is 6.61 Å². The highest BCUT2D eigenvalue weighted by molar-refractivity contribution is 6.35. The minimum absolute atomic E-state index is 0.470. The number of H-pyrrole nitrogens is 1. The van der Waals surface area contributed by atoms with Crippen molar-refractivity contribution in [3.8, 4) is 11.5 Å². The van der Waals surface area contributed by atoms with Crippen LogP contribution in [0.1, 0.15) is 5.69 Å². The summed E-state index contributed by atoms with van der Waals surface area (Å²) in [5, 5.41) is 1.81. The van der Waals surface area contributed by atoms with Gasteiger partial charge < -0.3 is 14.5 Å². The van der Waals surface area contributed by atoms with Crippen LogP contribution in [0.5, 0.6) is 11.5 Å². The molecule has 0 atom stereocenters. The standard InChI is InChI=1S/C16H14ClNO2/c1-19-13-5-7-14(8-6-13)20-10-12-9-11-3-2-4-15(17)16(11)18-12/h2-9,18H,10H2,1H3. The Kier molecular flexibility index (Phi) is 3.52. The summed E-state index contributed by atoms with van der Waals surface area (Å²) in [6.07, 6.45) is 0. The number of aromatic amines is 1. The number of rotatable bonds is 4. The number of aromatic nitrogens is 1. The predicted octanol–water partition coefficient (Wildman–Crippen LogP) is 4.41. The predicted molar refractivity (Wildman–Crippen MR) is 80.6 cm³/mol. The van der Waals surface area contributed by atoms with E-state index in [1.807, 2.05) is 48.5 Å². The first kappa shape index (κ1) is 12.9. The van der Waals surface area contributed by atoms with E-state index in [9.17, 15) is 0 Å². The third-order valence-electron chi connectivity index (χ3n) is 3.11. The Morgan fingerprint density at radius 3 is 2.50 bits per heavy atom. The van der Waals surface area contributed by atoms with Crippen LogP contribution in [-0.4, -0.2) is 12.1 Å². The van der Waals surface area contributed by atoms with Gasteiger partial charge in [0.2, 0.25) is 0 Å². The van der Waals surface area contributed by atoms with Gasteiger partial charge >= 0.3 is 0 Å². The van der Waals surface area contributed by atoms with Crippen LogP contribution in [0.3, 0.4) is 0 Å². The van der Waals surface area contributed by atoms with Gasteiger partial charge in [0.25, 0.3) is 0 Å². The van der Waals surface area contributed by atoms with Gasteiger partial charge in [-0.25, -0.2) is 0 Å². The minimum atomic E-state index is 0.470. The van der Waals surface area contributed by atoms with Crippen molar-refractivity contribution < 1.29 is 9.47 Å². The first-order valence-electron chi connectivity index (χ1n) is 6.29. The average molecular weight is 288 g/mol. The molecule has 4 heteroatoms. The number of hydrogen-bond donors (Lipinski definition) is 1. The van der Waals surface area contributed by atoms with Gasteiger partial charge in [0.15, 0.2) is 0 Å². The molecule has 3 rings (SSSR count). The molecule has 0 fully saturated rings. The molecule has 102 valence electrons. The lowest BCUT2D eigenvalue weighted by molar-refractivity contribution is 0.301. The highest BCUT2D eigenvalue weighted by atomic mass is 35.5. The Morgan fingerprint density at radius 1 is 1.05 bits per heavy atom. The molecular formula is C16H14ClNO2. The number of hydrogen-bond acceptors (Lipinski definition) is 2. The number of benzene rings is 2. The molecule has 2 aromatic carbocycles. The third-order valence-corrected chi connectivity index (χ3v) is 3.43. The Balaban J connectivity index is 1.74. The van der Waals surface area contributed by atoms with Crippen LogP contribution in [0.15, 0.2) is 48.5 Å². The number of halogens is 1. The molecule has 3 aromatic rings. The van der Waals surface area contributed by atoms with E-state index in [4.69, 9.17) is 21.1 Å². The van der Waals surface area contributed by atoms with Gasteiger partial charge in [-0.1, -0.05) is 23.7 Å². The average Bonchev–Trinajstić information content (AvgIpc) is 2.90. The fraction of sp³-hybridized carbons (Fsp3) is 0.125. The third kappa shape index (κ3) is 2.58. The number of fused-ring (bicyclic) bond motifs is 1. The van der Waals surface area contributed by atoms with Crippen molar-refractivity contribution in [2.24, 2.45) is 0 Å². The summed E-state index contributed by atoms with van der Waals surface area (Å²) in [5.74, 6) is 1.62. The van der Waals surface area contributed by atoms with Crippen LogP contribution < -0.4 is 9.47 Å². The zero-order valence-corrected chi connectivity index (χ0v) is 11.8. The van der Waals surface area contributed by atoms with Gasteiger partial charge in [0, 0.05) is 5.39 Å². The molecule has 0 aliphatic carbocycles. The molecule has 1 heterocycles. The molecule has 20 heavy (non-hydrogen) atoms. The van der Waals surface area contributed by atoms with Crippen LogP contribution in [0.2, 0.25) is 5.02 Å². The molecule has 3 nitrogen and oxygen atoms in total. The number of ether oxygens (including phenoxy) is 2. The summed E-state index contributed by atoms with van der Waals surface area (Å²) in [6, 6.07) is 15.4. The van der Waals surface area contributed by atoms with Crippen molar-refractivity contribution in [2.45, 2.75) is 6.61 Å². The van der Waals surface area contributed by atoms with Gasteiger partial charge in [-0.3, -0.25) is 0 Å². The minimum Gasteiger partial charge on any atom is -0.497 e. The fourth-order valence-corrected chi connectivity index (χ4v) is 2.32. The number of nitrogens with one attached hydrogen (secondary N) is 1. The summed E-state index contributed by atoms with van der Waals surface area (Å²) in [7, 11) is 1.64. The molecule has 0 spiro atoms. The SMILES string of the molecule is COc1ccc(OCc2cc3cccc(Cl)c3[nH]2)cc1. The van der Waals surface area contributed by atoms with Crippen LogP contribution in [0.4, 0.5) is 0 Å². The molecule has 0 radical (unpaired) electrons. The van der Waals surface area contributed by atoms with Crippen molar-refractivity contribution >= 4 is 22.5 Å². The van der Waals surface area contributed by atoms with Crippen molar-refractivity contribution in [1.82, 2.24) is 4.98 Å². The summed E-state index contributed by atoms with van der Waals surface area (Å²) in [6.45, 7) is 0.470. The largest absolute Gasteiger partial charge is 0.497 e. The number of methoxy groups -OCH3 is 1. The molecule has 0 saturated carbocycles. The topological polar surface area (TPSA) is 34.2 Å². The first-order valence-corrected chi connectivity index (χ1v) is 6.67. The second-order valence-electron chi connectivity index (χ2n) is 4.46. The van der Waals surface area contributed by atoms with Crippen LogP contribution in [0.25, 0.3) is 10.9 Å². The Hall–Kier alpha value is -2.13. The molecule has 1 N–H and O–H groups in total. The second kappa shape index (κ2) is 5.47. The molecule has 1 aromatic heterocycles. The van der Waals surface area contributed by atoms with E-state index in [-0.39, 0.29) is 0 Å². The maximum absolute atomic E-state index is 6.13. The Labute approximate surface area is 122 Å². The monoisotopic (exact) mass is 287 g/mol. The van der Waals surface area contributed by atoms with Crippen molar-refractivity contribution in [3.05, 3.63) is 59.2 Å². The fourth-order valence-electron chi connectivity index (χ4n) is 2.09. The van der Waals surface area contributed by atoms with E-state index in [1.165, 1.54) is 0 Å². The molecule has 0 aliphatic heterocycles. The van der Waals surface area contributed by atoms with Gasteiger partial charge in [-0.15, -0.1) is 0 Å². The normalized spacial score (nSPS) is 10.7. The first-order chi connectivity index (χ1) is 9.76. The van der Waals surface area contributed by atoms with Crippen molar-refractivity contribution in [3.63, 3.8) is 0 Å². The molecule has 0 unspecified atom stereocenters. The zero-order chi connectivity index (χ0) is 13.9. The lowest BCUT2D eigenvalue weighted by atomic mass is 10.2. The summed E-state index contributed by atoms with van der Waals surface area (Å²) >= 11 is 6.13. The summed E-state index contributed by atoms with van der Waals surface area (Å²) in [4.78, 5) is 3.28. The summed E-state index contributed by atoms with van der Waals surface area (Å²) < 4.78 is 10.8. The lowest BCUT2D eigenvalue weighted by Gasteiger charge is -2.05. The quantitative estimate of drug-likeness (QED) is 0.771. The van der Waals surface area contributed by atoms with Gasteiger partial charge in [-0.05, 0) is 36.4 Å². The summed E-state index contributed by atoms with van der Waals surface area (Å²) in [5.41, 5.74) is 1.94. The number of para-hydroxylation sites is 1. The highest BCUT2D eigenvalue weighted by Crippen LogP contribution is 2.24. The van der Waals surface area contributed by atoms with E-state index < -0.39 is 0 Å². The molecular weight excluding hydrogens is 274 g/mol. The molecule has 0 saturated heterocycles. The Morgan fingerprint density at radius 2 is 1.80 bits per heavy atom. The second-order valence-corrected chi connectivity index (χ2v) is 4.87. The zero-order valence-electron chi connectivity index (χ0n) is 11.0. The maximum atomic E-state index is 6.13. The van der Waals surface area contributed by atoms with E-state index >= 15 is 0 Å². The van der Waals surface area contributed by atoms with Crippen LogP contribution >= 0.6 is 11.6 Å². The maximum Gasteiger partial charge on any atom is 0.128 e. The lowest BCUT2D eigenvalue weighted by Crippen LogP contribution is -1.95.